The number of halogens is 3. The first-order chi connectivity index (χ1) is 11.0. The Morgan fingerprint density at radius 1 is 1.26 bits per heavy atom. The molecule has 1 heterocycles. The van der Waals surface area contributed by atoms with Gasteiger partial charge in [-0.25, -0.2) is 9.87 Å². The summed E-state index contributed by atoms with van der Waals surface area (Å²) in [5, 5.41) is 11.8. The number of amides is 1. The molecule has 0 saturated carbocycles. The summed E-state index contributed by atoms with van der Waals surface area (Å²) in [7, 11) is 0. The normalized spacial score (nSPS) is 10.8. The van der Waals surface area contributed by atoms with E-state index >= 15 is 0 Å². The molecule has 0 aliphatic rings. The van der Waals surface area contributed by atoms with Gasteiger partial charge in [0.15, 0.2) is 11.4 Å². The zero-order valence-electron chi connectivity index (χ0n) is 11.2. The minimum atomic E-state index is -0.970. The lowest BCUT2D eigenvalue weighted by Gasteiger charge is -2.06. The first kappa shape index (κ1) is 15.5. The summed E-state index contributed by atoms with van der Waals surface area (Å²) in [6.45, 7) is 0. The molecule has 0 spiro atoms. The summed E-state index contributed by atoms with van der Waals surface area (Å²) < 4.78 is 19.6. The molecular weight excluding hydrogens is 348 g/mol. The summed E-state index contributed by atoms with van der Waals surface area (Å²) in [5.41, 5.74) is 1.80. The fourth-order valence-corrected chi connectivity index (χ4v) is 2.27. The molecule has 0 fully saturated rings. The molecular formula is C14H8Cl2FN3O3. The Balaban J connectivity index is 1.98. The molecule has 6 nitrogen and oxygen atoms in total. The minimum Gasteiger partial charge on any atom is -0.423 e. The van der Waals surface area contributed by atoms with E-state index in [0.29, 0.717) is 21.1 Å². The maximum absolute atomic E-state index is 14.2. The van der Waals surface area contributed by atoms with Crippen LogP contribution in [-0.4, -0.2) is 16.1 Å². The molecule has 1 aromatic heterocycles. The molecule has 0 bridgehead atoms. The van der Waals surface area contributed by atoms with Crippen molar-refractivity contribution in [1.29, 1.82) is 0 Å². The van der Waals surface area contributed by atoms with Crippen LogP contribution in [0.2, 0.25) is 10.0 Å². The van der Waals surface area contributed by atoms with E-state index in [4.69, 9.17) is 32.8 Å². The molecule has 0 radical (unpaired) electrons. The van der Waals surface area contributed by atoms with E-state index in [-0.39, 0.29) is 17.3 Å². The lowest BCUT2D eigenvalue weighted by atomic mass is 10.2. The Morgan fingerprint density at radius 3 is 2.74 bits per heavy atom. The third kappa shape index (κ3) is 2.94. The molecule has 23 heavy (non-hydrogen) atoms. The zero-order chi connectivity index (χ0) is 16.6. The van der Waals surface area contributed by atoms with Gasteiger partial charge in [0.1, 0.15) is 5.52 Å². The van der Waals surface area contributed by atoms with E-state index < -0.39 is 11.7 Å². The van der Waals surface area contributed by atoms with Gasteiger partial charge in [-0.05, 0) is 18.2 Å². The molecule has 9 heteroatoms. The number of hydrogen-bond donors (Lipinski definition) is 3. The van der Waals surface area contributed by atoms with Crippen molar-refractivity contribution in [2.45, 2.75) is 0 Å². The van der Waals surface area contributed by atoms with Crippen molar-refractivity contribution in [1.82, 2.24) is 10.5 Å². The number of nitrogens with one attached hydrogen (secondary N) is 2. The van der Waals surface area contributed by atoms with E-state index in [9.17, 15) is 9.18 Å². The molecule has 0 atom stereocenters. The highest BCUT2D eigenvalue weighted by atomic mass is 35.5. The number of nitrogens with zero attached hydrogens (tertiary/aromatic N) is 1. The van der Waals surface area contributed by atoms with Crippen molar-refractivity contribution >= 4 is 51.9 Å². The van der Waals surface area contributed by atoms with Gasteiger partial charge < -0.3 is 9.73 Å². The van der Waals surface area contributed by atoms with Crippen LogP contribution in [0.4, 0.5) is 16.1 Å². The van der Waals surface area contributed by atoms with E-state index in [1.54, 1.807) is 0 Å². The van der Waals surface area contributed by atoms with E-state index in [1.165, 1.54) is 35.8 Å². The summed E-state index contributed by atoms with van der Waals surface area (Å²) >= 11 is 11.8. The van der Waals surface area contributed by atoms with Gasteiger partial charge in [-0.3, -0.25) is 10.0 Å². The van der Waals surface area contributed by atoms with Crippen LogP contribution < -0.4 is 10.8 Å². The number of aromatic nitrogens is 1. The molecule has 0 unspecified atom stereocenters. The van der Waals surface area contributed by atoms with E-state index in [0.717, 1.165) is 0 Å². The number of fused-ring (bicyclic) bond motifs is 1. The van der Waals surface area contributed by atoms with Crippen LogP contribution in [-0.2, 0) is 0 Å². The summed E-state index contributed by atoms with van der Waals surface area (Å²) in [6.07, 6.45) is 0. The Bertz CT molecular complexity index is 875. The van der Waals surface area contributed by atoms with Crippen molar-refractivity contribution in [3.63, 3.8) is 0 Å². The fourth-order valence-electron chi connectivity index (χ4n) is 1.96. The third-order valence-electron chi connectivity index (χ3n) is 3.02. The Labute approximate surface area is 138 Å². The van der Waals surface area contributed by atoms with Gasteiger partial charge in [0.05, 0.1) is 21.3 Å². The monoisotopic (exact) mass is 355 g/mol. The number of carbonyl (C=O) groups excluding carboxylic acids is 1. The highest BCUT2D eigenvalue weighted by Gasteiger charge is 2.16. The molecule has 3 rings (SSSR count). The van der Waals surface area contributed by atoms with Crippen LogP contribution in [0.15, 0.2) is 34.7 Å². The molecule has 2 aromatic carbocycles. The first-order valence-electron chi connectivity index (χ1n) is 6.25. The van der Waals surface area contributed by atoms with Crippen LogP contribution >= 0.6 is 23.2 Å². The van der Waals surface area contributed by atoms with Crippen molar-refractivity contribution < 1.29 is 18.8 Å². The van der Waals surface area contributed by atoms with Crippen LogP contribution in [0.3, 0.4) is 0 Å². The number of benzene rings is 2. The molecule has 1 amide bonds. The standard InChI is InChI=1S/C14H8Cl2FN3O3/c15-7-4-10-11(5-8(7)16)23-14(19-10)18-9-3-1-2-6(12(9)17)13(21)20-22/h1-5,22H,(H,18,19)(H,20,21). The fraction of sp³-hybridized carbons (Fsp3) is 0. The van der Waals surface area contributed by atoms with Crippen molar-refractivity contribution in [2.75, 3.05) is 5.32 Å². The van der Waals surface area contributed by atoms with E-state index in [1.807, 2.05) is 0 Å². The van der Waals surface area contributed by atoms with Crippen LogP contribution in [0.1, 0.15) is 10.4 Å². The molecule has 0 aliphatic heterocycles. The first-order valence-corrected chi connectivity index (χ1v) is 7.00. The van der Waals surface area contributed by atoms with Gasteiger partial charge in [0.25, 0.3) is 11.9 Å². The summed E-state index contributed by atoms with van der Waals surface area (Å²) in [6, 6.07) is 7.05. The van der Waals surface area contributed by atoms with Gasteiger partial charge in [-0.2, -0.15) is 4.98 Å². The maximum Gasteiger partial charge on any atom is 0.300 e. The smallest absolute Gasteiger partial charge is 0.300 e. The zero-order valence-corrected chi connectivity index (χ0v) is 12.7. The van der Waals surface area contributed by atoms with Gasteiger partial charge in [0.2, 0.25) is 0 Å². The lowest BCUT2D eigenvalue weighted by Crippen LogP contribution is -2.20. The Hall–Kier alpha value is -2.35. The summed E-state index contributed by atoms with van der Waals surface area (Å²) in [5.74, 6) is -1.83. The Kier molecular flexibility index (Phi) is 4.08. The van der Waals surface area contributed by atoms with Crippen LogP contribution in [0.5, 0.6) is 0 Å². The second-order valence-electron chi connectivity index (χ2n) is 4.49. The minimum absolute atomic E-state index is 0.00112. The predicted octanol–water partition coefficient (Wildman–Crippen LogP) is 4.14. The van der Waals surface area contributed by atoms with Gasteiger partial charge in [-0.1, -0.05) is 29.3 Å². The second kappa shape index (κ2) is 6.04. The second-order valence-corrected chi connectivity index (χ2v) is 5.30. The number of carbonyl (C=O) groups is 1. The number of hydrogen-bond acceptors (Lipinski definition) is 5. The van der Waals surface area contributed by atoms with Gasteiger partial charge >= 0.3 is 0 Å². The van der Waals surface area contributed by atoms with Crippen LogP contribution in [0, 0.1) is 5.82 Å². The maximum atomic E-state index is 14.2. The number of anilines is 2. The van der Waals surface area contributed by atoms with Gasteiger partial charge in [0, 0.05) is 6.07 Å². The van der Waals surface area contributed by atoms with E-state index in [2.05, 4.69) is 10.3 Å². The highest BCUT2D eigenvalue weighted by molar-refractivity contribution is 6.42. The molecule has 3 N–H and O–H groups in total. The predicted molar refractivity (Wildman–Crippen MR) is 83.0 cm³/mol. The molecule has 0 aliphatic carbocycles. The Morgan fingerprint density at radius 2 is 2.00 bits per heavy atom. The quantitative estimate of drug-likeness (QED) is 0.485. The van der Waals surface area contributed by atoms with Crippen LogP contribution in [0.25, 0.3) is 11.1 Å². The van der Waals surface area contributed by atoms with Crippen molar-refractivity contribution in [3.8, 4) is 0 Å². The highest BCUT2D eigenvalue weighted by Crippen LogP contribution is 2.30. The van der Waals surface area contributed by atoms with Gasteiger partial charge in [-0.15, -0.1) is 0 Å². The SMILES string of the molecule is O=C(NO)c1cccc(Nc2nc3cc(Cl)c(Cl)cc3o2)c1F. The van der Waals surface area contributed by atoms with Crippen molar-refractivity contribution in [2.24, 2.45) is 0 Å². The topological polar surface area (TPSA) is 87.4 Å². The molecule has 3 aromatic rings. The molecule has 0 saturated heterocycles. The van der Waals surface area contributed by atoms with Crippen molar-refractivity contribution in [3.05, 3.63) is 51.8 Å². The number of oxazole rings is 1. The third-order valence-corrected chi connectivity index (χ3v) is 3.74. The molecule has 118 valence electrons. The summed E-state index contributed by atoms with van der Waals surface area (Å²) in [4.78, 5) is 15.5. The average Bonchev–Trinajstić information content (AvgIpc) is 2.90. The lowest BCUT2D eigenvalue weighted by molar-refractivity contribution is 0.0702. The number of hydroxylamine groups is 1. The number of rotatable bonds is 3. The largest absolute Gasteiger partial charge is 0.423 e. The average molecular weight is 356 g/mol.